The van der Waals surface area contributed by atoms with Gasteiger partial charge in [0.25, 0.3) is 5.91 Å². The molecular formula is C19H19N5O2. The van der Waals surface area contributed by atoms with E-state index in [1.807, 2.05) is 32.0 Å². The minimum Gasteiger partial charge on any atom is -0.343 e. The molecule has 1 heterocycles. The second-order valence-electron chi connectivity index (χ2n) is 5.94. The molecule has 2 amide bonds. The number of aromatic nitrogens is 3. The van der Waals surface area contributed by atoms with Crippen LogP contribution < -0.4 is 10.6 Å². The van der Waals surface area contributed by atoms with Gasteiger partial charge in [0.05, 0.1) is 6.54 Å². The zero-order valence-corrected chi connectivity index (χ0v) is 14.5. The lowest BCUT2D eigenvalue weighted by Crippen LogP contribution is -2.32. The van der Waals surface area contributed by atoms with Gasteiger partial charge in [-0.1, -0.05) is 18.2 Å². The molecule has 0 bridgehead atoms. The lowest BCUT2D eigenvalue weighted by Gasteiger charge is -2.09. The molecule has 0 atom stereocenters. The molecule has 0 aliphatic rings. The normalized spacial score (nSPS) is 10.4. The second kappa shape index (κ2) is 7.60. The number of carbonyl (C=O) groups is 2. The number of rotatable bonds is 5. The third-order valence-electron chi connectivity index (χ3n) is 4.01. The average Bonchev–Trinajstić information content (AvgIpc) is 3.17. The van der Waals surface area contributed by atoms with Crippen LogP contribution in [0.3, 0.4) is 0 Å². The minimum absolute atomic E-state index is 0.113. The zero-order chi connectivity index (χ0) is 18.5. The van der Waals surface area contributed by atoms with Crippen LogP contribution in [0.5, 0.6) is 0 Å². The average molecular weight is 349 g/mol. The van der Waals surface area contributed by atoms with E-state index in [0.717, 1.165) is 16.7 Å². The number of benzene rings is 2. The van der Waals surface area contributed by atoms with Crippen LogP contribution in [0.2, 0.25) is 0 Å². The van der Waals surface area contributed by atoms with E-state index >= 15 is 0 Å². The molecule has 0 radical (unpaired) electrons. The van der Waals surface area contributed by atoms with E-state index in [9.17, 15) is 9.59 Å². The highest BCUT2D eigenvalue weighted by Crippen LogP contribution is 2.18. The second-order valence-corrected chi connectivity index (χ2v) is 5.94. The molecule has 0 saturated carbocycles. The number of hydrogen-bond donors (Lipinski definition) is 3. The quantitative estimate of drug-likeness (QED) is 0.659. The molecule has 26 heavy (non-hydrogen) atoms. The van der Waals surface area contributed by atoms with Gasteiger partial charge in [0.2, 0.25) is 5.91 Å². The first-order valence-corrected chi connectivity index (χ1v) is 8.14. The summed E-state index contributed by atoms with van der Waals surface area (Å²) in [5, 5.41) is 12.0. The number of carbonyl (C=O) groups excluding carboxylic acids is 2. The van der Waals surface area contributed by atoms with E-state index < -0.39 is 0 Å². The van der Waals surface area contributed by atoms with Crippen molar-refractivity contribution in [2.45, 2.75) is 13.8 Å². The summed E-state index contributed by atoms with van der Waals surface area (Å²) >= 11 is 0. The van der Waals surface area contributed by atoms with Gasteiger partial charge in [-0.3, -0.25) is 14.7 Å². The largest absolute Gasteiger partial charge is 0.343 e. The van der Waals surface area contributed by atoms with Crippen LogP contribution in [0.1, 0.15) is 21.5 Å². The van der Waals surface area contributed by atoms with Crippen molar-refractivity contribution in [1.82, 2.24) is 20.5 Å². The molecule has 0 fully saturated rings. The summed E-state index contributed by atoms with van der Waals surface area (Å²) in [5.74, 6) is 0.0275. The topological polar surface area (TPSA) is 99.8 Å². The first kappa shape index (κ1) is 17.3. The van der Waals surface area contributed by atoms with Crippen molar-refractivity contribution in [2.75, 3.05) is 11.9 Å². The molecule has 3 N–H and O–H groups in total. The van der Waals surface area contributed by atoms with Gasteiger partial charge in [-0.05, 0) is 49.2 Å². The molecule has 1 aromatic heterocycles. The van der Waals surface area contributed by atoms with Gasteiger partial charge in [-0.2, -0.15) is 5.10 Å². The van der Waals surface area contributed by atoms with Gasteiger partial charge in [0.15, 0.2) is 5.82 Å². The molecule has 0 aliphatic carbocycles. The Morgan fingerprint density at radius 2 is 1.92 bits per heavy atom. The maximum atomic E-state index is 12.2. The van der Waals surface area contributed by atoms with Gasteiger partial charge in [0.1, 0.15) is 6.33 Å². The lowest BCUT2D eigenvalue weighted by atomic mass is 10.1. The van der Waals surface area contributed by atoms with Crippen LogP contribution in [-0.4, -0.2) is 33.5 Å². The van der Waals surface area contributed by atoms with Crippen molar-refractivity contribution in [2.24, 2.45) is 0 Å². The van der Waals surface area contributed by atoms with E-state index in [4.69, 9.17) is 0 Å². The third-order valence-corrected chi connectivity index (χ3v) is 4.01. The Bertz CT molecular complexity index is 935. The molecule has 3 aromatic rings. The van der Waals surface area contributed by atoms with Crippen molar-refractivity contribution in [3.8, 4) is 11.4 Å². The molecule has 132 valence electrons. The summed E-state index contributed by atoms with van der Waals surface area (Å²) in [4.78, 5) is 28.3. The first-order valence-electron chi connectivity index (χ1n) is 8.14. The number of H-pyrrole nitrogens is 1. The highest BCUT2D eigenvalue weighted by Gasteiger charge is 2.10. The highest BCUT2D eigenvalue weighted by molar-refractivity contribution is 5.99. The van der Waals surface area contributed by atoms with Crippen molar-refractivity contribution in [3.05, 3.63) is 65.5 Å². The van der Waals surface area contributed by atoms with Gasteiger partial charge in [0, 0.05) is 16.8 Å². The number of amides is 2. The summed E-state index contributed by atoms with van der Waals surface area (Å²) in [7, 11) is 0. The van der Waals surface area contributed by atoms with Gasteiger partial charge >= 0.3 is 0 Å². The molecule has 7 heteroatoms. The summed E-state index contributed by atoms with van der Waals surface area (Å²) in [6, 6.07) is 12.7. The van der Waals surface area contributed by atoms with Crippen molar-refractivity contribution in [1.29, 1.82) is 0 Å². The molecule has 3 rings (SSSR count). The molecule has 0 saturated heterocycles. The minimum atomic E-state index is -0.308. The van der Waals surface area contributed by atoms with E-state index in [1.54, 1.807) is 24.3 Å². The van der Waals surface area contributed by atoms with E-state index in [1.165, 1.54) is 6.33 Å². The summed E-state index contributed by atoms with van der Waals surface area (Å²) < 4.78 is 0. The monoisotopic (exact) mass is 349 g/mol. The fraction of sp³-hybridized carbons (Fsp3) is 0.158. The molecule has 0 unspecified atom stereocenters. The van der Waals surface area contributed by atoms with Crippen LogP contribution in [-0.2, 0) is 4.79 Å². The summed E-state index contributed by atoms with van der Waals surface area (Å²) in [6.45, 7) is 3.82. The third kappa shape index (κ3) is 4.13. The SMILES string of the molecule is Cc1ccc(C(=O)NCC(=O)Nc2cccc(-c3ncn[nH]3)c2)cc1C. The number of hydrogen-bond acceptors (Lipinski definition) is 4. The van der Waals surface area contributed by atoms with Crippen LogP contribution in [0, 0.1) is 13.8 Å². The van der Waals surface area contributed by atoms with Gasteiger partial charge in [-0.15, -0.1) is 0 Å². The molecule has 2 aromatic carbocycles. The van der Waals surface area contributed by atoms with Crippen LogP contribution in [0.25, 0.3) is 11.4 Å². The predicted octanol–water partition coefficient (Wildman–Crippen LogP) is 2.46. The van der Waals surface area contributed by atoms with Crippen molar-refractivity contribution in [3.63, 3.8) is 0 Å². The van der Waals surface area contributed by atoms with E-state index in [-0.39, 0.29) is 18.4 Å². The summed E-state index contributed by atoms with van der Waals surface area (Å²) in [6.07, 6.45) is 1.42. The zero-order valence-electron chi connectivity index (χ0n) is 14.5. The van der Waals surface area contributed by atoms with E-state index in [0.29, 0.717) is 17.1 Å². The molecule has 0 spiro atoms. The number of nitrogens with one attached hydrogen (secondary N) is 3. The molecular weight excluding hydrogens is 330 g/mol. The molecule has 7 nitrogen and oxygen atoms in total. The Morgan fingerprint density at radius 3 is 2.65 bits per heavy atom. The Balaban J connectivity index is 1.58. The van der Waals surface area contributed by atoms with Crippen molar-refractivity contribution >= 4 is 17.5 Å². The maximum absolute atomic E-state index is 12.2. The Labute approximate surface area is 150 Å². The van der Waals surface area contributed by atoms with Gasteiger partial charge < -0.3 is 10.6 Å². The van der Waals surface area contributed by atoms with Crippen LogP contribution in [0.4, 0.5) is 5.69 Å². The number of aromatic amines is 1. The maximum Gasteiger partial charge on any atom is 0.251 e. The number of nitrogens with zero attached hydrogens (tertiary/aromatic N) is 2. The molecule has 0 aliphatic heterocycles. The van der Waals surface area contributed by atoms with Gasteiger partial charge in [-0.25, -0.2) is 4.98 Å². The number of anilines is 1. The van der Waals surface area contributed by atoms with Crippen LogP contribution in [0.15, 0.2) is 48.8 Å². The lowest BCUT2D eigenvalue weighted by molar-refractivity contribution is -0.115. The van der Waals surface area contributed by atoms with E-state index in [2.05, 4.69) is 25.8 Å². The highest BCUT2D eigenvalue weighted by atomic mass is 16.2. The fourth-order valence-electron chi connectivity index (χ4n) is 2.44. The van der Waals surface area contributed by atoms with Crippen LogP contribution >= 0.6 is 0 Å². The standard InChI is InChI=1S/C19H19N5O2/c1-12-6-7-15(8-13(12)2)19(26)20-10-17(25)23-16-5-3-4-14(9-16)18-21-11-22-24-18/h3-9,11H,10H2,1-2H3,(H,20,26)(H,23,25)(H,21,22,24). The Morgan fingerprint density at radius 1 is 1.08 bits per heavy atom. The smallest absolute Gasteiger partial charge is 0.251 e. The predicted molar refractivity (Wildman–Crippen MR) is 98.7 cm³/mol. The van der Waals surface area contributed by atoms with Crippen molar-refractivity contribution < 1.29 is 9.59 Å². The fourth-order valence-corrected chi connectivity index (χ4v) is 2.44. The Kier molecular flexibility index (Phi) is 5.07. The number of aryl methyl sites for hydroxylation is 2. The summed E-state index contributed by atoms with van der Waals surface area (Å²) in [5.41, 5.74) is 4.11. The first-order chi connectivity index (χ1) is 12.5. The Hall–Kier alpha value is -3.48.